The van der Waals surface area contributed by atoms with Crippen LogP contribution < -0.4 is 24.5 Å². The number of methoxy groups -OCH3 is 2. The molecule has 0 unspecified atom stereocenters. The molecule has 0 amide bonds. The van der Waals surface area contributed by atoms with E-state index in [0.717, 1.165) is 0 Å². The summed E-state index contributed by atoms with van der Waals surface area (Å²) in [5.74, 6) is 2.06. The van der Waals surface area contributed by atoms with E-state index >= 15 is 0 Å². The summed E-state index contributed by atoms with van der Waals surface area (Å²) < 4.78 is 23.1. The van der Waals surface area contributed by atoms with Crippen LogP contribution in [0.3, 0.4) is 0 Å². The third-order valence-electron chi connectivity index (χ3n) is 4.79. The van der Waals surface area contributed by atoms with E-state index in [9.17, 15) is 9.90 Å². The van der Waals surface area contributed by atoms with E-state index in [-0.39, 0.29) is 19.0 Å². The van der Waals surface area contributed by atoms with Crippen LogP contribution in [-0.4, -0.2) is 30.7 Å². The number of benzene rings is 2. The topological polar surface area (TPSA) is 79.2 Å². The van der Waals surface area contributed by atoms with Crippen molar-refractivity contribution >= 4 is 10.8 Å². The lowest BCUT2D eigenvalue weighted by Gasteiger charge is -2.16. The highest BCUT2D eigenvalue weighted by molar-refractivity contribution is 5.92. The predicted octanol–water partition coefficient (Wildman–Crippen LogP) is 2.44. The fourth-order valence-electron chi connectivity index (χ4n) is 3.42. The summed E-state index contributed by atoms with van der Waals surface area (Å²) in [4.78, 5) is 13.1. The summed E-state index contributed by atoms with van der Waals surface area (Å²) in [5, 5.41) is 11.0. The van der Waals surface area contributed by atoms with Crippen molar-refractivity contribution in [2.75, 3.05) is 21.0 Å². The maximum atomic E-state index is 13.1. The first kappa shape index (κ1) is 17.2. The third kappa shape index (κ3) is 2.59. The molecule has 1 aliphatic rings. The second-order valence-electron chi connectivity index (χ2n) is 6.18. The first-order valence-corrected chi connectivity index (χ1v) is 8.37. The second-order valence-corrected chi connectivity index (χ2v) is 6.18. The molecular weight excluding hydrogens is 350 g/mol. The highest BCUT2D eigenvalue weighted by Crippen LogP contribution is 2.40. The minimum atomic E-state index is -0.222. The van der Waals surface area contributed by atoms with Gasteiger partial charge in [0.05, 0.1) is 31.9 Å². The Morgan fingerprint density at radius 1 is 1.11 bits per heavy atom. The zero-order valence-electron chi connectivity index (χ0n) is 15.2. The zero-order valence-corrected chi connectivity index (χ0v) is 15.2. The van der Waals surface area contributed by atoms with Crippen LogP contribution in [0.25, 0.3) is 22.0 Å². The largest absolute Gasteiger partial charge is 0.493 e. The quantitative estimate of drug-likeness (QED) is 0.761. The molecule has 0 aliphatic carbocycles. The van der Waals surface area contributed by atoms with Gasteiger partial charge in [0, 0.05) is 12.6 Å². The van der Waals surface area contributed by atoms with Crippen LogP contribution >= 0.6 is 0 Å². The van der Waals surface area contributed by atoms with Crippen molar-refractivity contribution in [2.45, 2.75) is 6.61 Å². The molecule has 1 aromatic heterocycles. The monoisotopic (exact) mass is 369 g/mol. The Balaban J connectivity index is 2.02. The van der Waals surface area contributed by atoms with E-state index in [1.165, 1.54) is 18.8 Å². The van der Waals surface area contributed by atoms with Crippen molar-refractivity contribution in [1.29, 1.82) is 0 Å². The maximum absolute atomic E-state index is 13.1. The average molecular weight is 369 g/mol. The number of hydrogen-bond acceptors (Lipinski definition) is 6. The van der Waals surface area contributed by atoms with Gasteiger partial charge in [0.15, 0.2) is 23.0 Å². The molecule has 27 heavy (non-hydrogen) atoms. The van der Waals surface area contributed by atoms with E-state index in [0.29, 0.717) is 50.6 Å². The van der Waals surface area contributed by atoms with E-state index < -0.39 is 0 Å². The molecule has 1 N–H and O–H groups in total. The molecule has 4 rings (SSSR count). The summed E-state index contributed by atoms with van der Waals surface area (Å²) in [6.07, 6.45) is 0. The number of aromatic nitrogens is 1. The molecule has 7 nitrogen and oxygen atoms in total. The summed E-state index contributed by atoms with van der Waals surface area (Å²) >= 11 is 0. The fraction of sp³-hybridized carbons (Fsp3) is 0.250. The minimum Gasteiger partial charge on any atom is -0.493 e. The molecule has 0 fully saturated rings. The van der Waals surface area contributed by atoms with Crippen LogP contribution in [-0.2, 0) is 13.7 Å². The summed E-state index contributed by atoms with van der Waals surface area (Å²) in [5.41, 5.74) is 1.79. The number of hydrogen-bond donors (Lipinski definition) is 1. The van der Waals surface area contributed by atoms with Gasteiger partial charge in [-0.2, -0.15) is 0 Å². The molecule has 1 aliphatic heterocycles. The average Bonchev–Trinajstić information content (AvgIpc) is 3.16. The maximum Gasteiger partial charge on any atom is 0.262 e. The fourth-order valence-corrected chi connectivity index (χ4v) is 3.42. The van der Waals surface area contributed by atoms with Crippen LogP contribution in [0.1, 0.15) is 5.56 Å². The molecule has 0 radical (unpaired) electrons. The Kier molecular flexibility index (Phi) is 4.16. The summed E-state index contributed by atoms with van der Waals surface area (Å²) in [6, 6.07) is 8.98. The van der Waals surface area contributed by atoms with E-state index in [2.05, 4.69) is 0 Å². The summed E-state index contributed by atoms with van der Waals surface area (Å²) in [7, 11) is 4.72. The van der Waals surface area contributed by atoms with Gasteiger partial charge < -0.3 is 28.6 Å². The van der Waals surface area contributed by atoms with Crippen LogP contribution in [0.5, 0.6) is 23.0 Å². The number of fused-ring (bicyclic) bond motifs is 2. The summed E-state index contributed by atoms with van der Waals surface area (Å²) in [6.45, 7) is -0.0541. The van der Waals surface area contributed by atoms with Crippen LogP contribution in [0.4, 0.5) is 0 Å². The van der Waals surface area contributed by atoms with Gasteiger partial charge in [-0.05, 0) is 35.2 Å². The highest BCUT2D eigenvalue weighted by atomic mass is 16.7. The van der Waals surface area contributed by atoms with E-state index in [4.69, 9.17) is 18.9 Å². The standard InChI is InChI=1S/C20H19NO6/c1-21-14(13-8-17-16(26-10-27-17)7-12(13)9-22)6-11-4-5-15(24-2)19(25-3)18(11)20(21)23/h4-8,22H,9-10H2,1-3H3. The SMILES string of the molecule is COc1ccc2cc(-c3cc4c(cc3CO)OCO4)n(C)c(=O)c2c1OC. The minimum absolute atomic E-state index is 0.136. The number of aliphatic hydroxyl groups is 1. The molecule has 2 heterocycles. The van der Waals surface area contributed by atoms with Gasteiger partial charge in [-0.1, -0.05) is 6.07 Å². The van der Waals surface area contributed by atoms with E-state index in [1.54, 1.807) is 25.2 Å². The Bertz CT molecular complexity index is 1100. The van der Waals surface area contributed by atoms with Gasteiger partial charge >= 0.3 is 0 Å². The second kappa shape index (κ2) is 6.51. The number of nitrogens with zero attached hydrogens (tertiary/aromatic N) is 1. The molecule has 0 saturated heterocycles. The van der Waals surface area contributed by atoms with Crippen molar-refractivity contribution in [1.82, 2.24) is 4.57 Å². The number of pyridine rings is 1. The van der Waals surface area contributed by atoms with E-state index in [1.807, 2.05) is 12.1 Å². The van der Waals surface area contributed by atoms with Gasteiger partial charge in [-0.3, -0.25) is 4.79 Å². The molecule has 0 spiro atoms. The first-order valence-electron chi connectivity index (χ1n) is 8.37. The van der Waals surface area contributed by atoms with Gasteiger partial charge in [-0.15, -0.1) is 0 Å². The number of aliphatic hydroxyl groups excluding tert-OH is 1. The third-order valence-corrected chi connectivity index (χ3v) is 4.79. The smallest absolute Gasteiger partial charge is 0.262 e. The molecule has 7 heteroatoms. The Labute approximate surface area is 155 Å². The lowest BCUT2D eigenvalue weighted by Crippen LogP contribution is -2.19. The zero-order chi connectivity index (χ0) is 19.1. The molecule has 3 aromatic rings. The number of rotatable bonds is 4. The first-order chi connectivity index (χ1) is 13.1. The highest BCUT2D eigenvalue weighted by Gasteiger charge is 2.21. The molecule has 0 bridgehead atoms. The van der Waals surface area contributed by atoms with Gasteiger partial charge in [0.2, 0.25) is 6.79 Å². The normalized spacial score (nSPS) is 12.4. The Morgan fingerprint density at radius 2 is 1.85 bits per heavy atom. The Hall–Kier alpha value is -3.19. The lowest BCUT2D eigenvalue weighted by atomic mass is 10.0. The van der Waals surface area contributed by atoms with Crippen molar-refractivity contribution in [2.24, 2.45) is 7.05 Å². The molecule has 2 aromatic carbocycles. The molecule has 140 valence electrons. The molecular formula is C20H19NO6. The lowest BCUT2D eigenvalue weighted by molar-refractivity contribution is 0.174. The molecule has 0 atom stereocenters. The van der Waals surface area contributed by atoms with Gasteiger partial charge in [0.25, 0.3) is 5.56 Å². The van der Waals surface area contributed by atoms with Crippen molar-refractivity contribution in [3.05, 3.63) is 46.2 Å². The van der Waals surface area contributed by atoms with Crippen molar-refractivity contribution < 1.29 is 24.1 Å². The Morgan fingerprint density at radius 3 is 2.52 bits per heavy atom. The predicted molar refractivity (Wildman–Crippen MR) is 99.8 cm³/mol. The van der Waals surface area contributed by atoms with Crippen molar-refractivity contribution in [3.8, 4) is 34.3 Å². The molecule has 0 saturated carbocycles. The number of ether oxygens (including phenoxy) is 4. The van der Waals surface area contributed by atoms with Crippen molar-refractivity contribution in [3.63, 3.8) is 0 Å². The van der Waals surface area contributed by atoms with Crippen LogP contribution in [0.2, 0.25) is 0 Å². The van der Waals surface area contributed by atoms with Crippen LogP contribution in [0, 0.1) is 0 Å². The van der Waals surface area contributed by atoms with Gasteiger partial charge in [-0.25, -0.2) is 0 Å². The van der Waals surface area contributed by atoms with Crippen LogP contribution in [0.15, 0.2) is 35.1 Å². The van der Waals surface area contributed by atoms with Gasteiger partial charge in [0.1, 0.15) is 0 Å².